The number of hydrogen-bond acceptors (Lipinski definition) is 9. The van der Waals surface area contributed by atoms with E-state index in [1.54, 1.807) is 62.8 Å². The lowest BCUT2D eigenvalue weighted by atomic mass is 9.91. The Kier molecular flexibility index (Phi) is 9.67. The van der Waals surface area contributed by atoms with Crippen LogP contribution in [0.5, 0.6) is 23.0 Å². The quantitative estimate of drug-likeness (QED) is 0.331. The minimum Gasteiger partial charge on any atom is -0.493 e. The molecule has 3 aromatic carbocycles. The van der Waals surface area contributed by atoms with Crippen LogP contribution in [0.25, 0.3) is 0 Å². The predicted molar refractivity (Wildman–Crippen MR) is 177 cm³/mol. The Hall–Kier alpha value is -4.97. The van der Waals surface area contributed by atoms with Gasteiger partial charge >= 0.3 is 0 Å². The van der Waals surface area contributed by atoms with Gasteiger partial charge in [0.1, 0.15) is 0 Å². The highest BCUT2D eigenvalue weighted by Crippen LogP contribution is 2.34. The van der Waals surface area contributed by atoms with Crippen molar-refractivity contribution in [3.8, 4) is 23.0 Å². The van der Waals surface area contributed by atoms with E-state index in [9.17, 15) is 14.4 Å². The molecule has 12 heteroatoms. The van der Waals surface area contributed by atoms with Crippen molar-refractivity contribution < 1.29 is 33.3 Å². The fraction of sp³-hybridized carbons (Fsp3) is 0.400. The van der Waals surface area contributed by atoms with Gasteiger partial charge in [0.05, 0.1) is 25.6 Å². The Morgan fingerprint density at radius 3 is 2.28 bits per heavy atom. The Labute approximate surface area is 274 Å². The van der Waals surface area contributed by atoms with E-state index in [1.807, 2.05) is 11.0 Å². The lowest BCUT2D eigenvalue weighted by Crippen LogP contribution is -2.40. The van der Waals surface area contributed by atoms with Gasteiger partial charge in [-0.25, -0.2) is 0 Å². The zero-order chi connectivity index (χ0) is 32.9. The summed E-state index contributed by atoms with van der Waals surface area (Å²) in [6.07, 6.45) is 4.14. The molecule has 0 bridgehead atoms. The second-order valence-electron chi connectivity index (χ2n) is 12.0. The summed E-state index contributed by atoms with van der Waals surface area (Å²) in [7, 11) is 3.10. The zero-order valence-corrected chi connectivity index (χ0v) is 26.8. The van der Waals surface area contributed by atoms with Crippen molar-refractivity contribution in [3.63, 3.8) is 0 Å². The molecule has 0 radical (unpaired) electrons. The van der Waals surface area contributed by atoms with Crippen molar-refractivity contribution >= 4 is 29.1 Å². The molecule has 2 aliphatic heterocycles. The van der Waals surface area contributed by atoms with Crippen LogP contribution in [-0.4, -0.2) is 81.9 Å². The average molecular weight is 644 g/mol. The molecule has 6 rings (SSSR count). The Morgan fingerprint density at radius 2 is 1.49 bits per heavy atom. The van der Waals surface area contributed by atoms with E-state index >= 15 is 0 Å². The molecule has 3 aliphatic rings. The number of carbonyl (C=O) groups is 3. The number of nitrogens with two attached hydrogens (primary N) is 1. The van der Waals surface area contributed by atoms with Gasteiger partial charge in [0.2, 0.25) is 6.79 Å². The van der Waals surface area contributed by atoms with Gasteiger partial charge in [-0.05, 0) is 86.7 Å². The first-order valence-electron chi connectivity index (χ1n) is 16.0. The van der Waals surface area contributed by atoms with Gasteiger partial charge in [-0.15, -0.1) is 0 Å². The summed E-state index contributed by atoms with van der Waals surface area (Å²) in [4.78, 5) is 44.3. The smallest absolute Gasteiger partial charge is 0.255 e. The van der Waals surface area contributed by atoms with Gasteiger partial charge in [-0.3, -0.25) is 14.4 Å². The van der Waals surface area contributed by atoms with E-state index in [4.69, 9.17) is 24.7 Å². The molecule has 2 heterocycles. The number of methoxy groups -OCH3 is 2. The lowest BCUT2D eigenvalue weighted by molar-refractivity contribution is 0.0766. The van der Waals surface area contributed by atoms with Crippen molar-refractivity contribution in [3.05, 3.63) is 71.3 Å². The van der Waals surface area contributed by atoms with Crippen LogP contribution in [0.1, 0.15) is 63.2 Å². The lowest BCUT2D eigenvalue weighted by Gasteiger charge is -2.28. The molecule has 248 valence electrons. The van der Waals surface area contributed by atoms with E-state index in [0.29, 0.717) is 78.0 Å². The SMILES string of the molecule is COc1ccc(C(=O)N2CCCN(c3ccc(C(=O)NC4CCC(N)CC4)cc3NC(=O)c3ccc4c(c3)OCO4)CC2)cc1OC. The van der Waals surface area contributed by atoms with Crippen molar-refractivity contribution in [2.45, 2.75) is 44.2 Å². The summed E-state index contributed by atoms with van der Waals surface area (Å²) in [5, 5.41) is 6.19. The summed E-state index contributed by atoms with van der Waals surface area (Å²) in [5.41, 5.74) is 8.69. The van der Waals surface area contributed by atoms with Crippen molar-refractivity contribution in [2.24, 2.45) is 5.73 Å². The summed E-state index contributed by atoms with van der Waals surface area (Å²) >= 11 is 0. The third-order valence-electron chi connectivity index (χ3n) is 9.00. The number of hydrogen-bond donors (Lipinski definition) is 3. The highest BCUT2D eigenvalue weighted by molar-refractivity contribution is 6.07. The van der Waals surface area contributed by atoms with Crippen LogP contribution in [0.15, 0.2) is 54.6 Å². The van der Waals surface area contributed by atoms with Crippen molar-refractivity contribution in [1.29, 1.82) is 0 Å². The van der Waals surface area contributed by atoms with Crippen LogP contribution in [0.3, 0.4) is 0 Å². The first-order chi connectivity index (χ1) is 22.8. The molecular formula is C35H41N5O7. The highest BCUT2D eigenvalue weighted by Gasteiger charge is 2.26. The molecule has 3 aromatic rings. The summed E-state index contributed by atoms with van der Waals surface area (Å²) in [6.45, 7) is 2.31. The average Bonchev–Trinajstić information content (AvgIpc) is 3.44. The number of anilines is 2. The van der Waals surface area contributed by atoms with Crippen LogP contribution in [0.4, 0.5) is 11.4 Å². The van der Waals surface area contributed by atoms with Gasteiger partial charge in [-0.1, -0.05) is 0 Å². The molecule has 3 amide bonds. The molecule has 12 nitrogen and oxygen atoms in total. The minimum absolute atomic E-state index is 0.0634. The maximum Gasteiger partial charge on any atom is 0.255 e. The molecule has 2 fully saturated rings. The Morgan fingerprint density at radius 1 is 0.766 bits per heavy atom. The van der Waals surface area contributed by atoms with Gasteiger partial charge in [0.25, 0.3) is 17.7 Å². The number of ether oxygens (including phenoxy) is 4. The third-order valence-corrected chi connectivity index (χ3v) is 9.00. The van der Waals surface area contributed by atoms with E-state index in [2.05, 4.69) is 15.5 Å². The highest BCUT2D eigenvalue weighted by atomic mass is 16.7. The van der Waals surface area contributed by atoms with E-state index in [-0.39, 0.29) is 36.6 Å². The Balaban J connectivity index is 1.22. The van der Waals surface area contributed by atoms with Crippen molar-refractivity contribution in [1.82, 2.24) is 10.2 Å². The fourth-order valence-electron chi connectivity index (χ4n) is 6.33. The standard InChI is InChI=1S/C35H41N5O7/c1-44-29-12-6-24(20-31(29)45-2)35(43)40-15-3-14-39(16-17-40)28-11-4-22(33(41)37-26-9-7-25(36)8-10-26)18-27(28)38-34(42)23-5-13-30-32(19-23)47-21-46-30/h4-6,11-13,18-20,25-26H,3,7-10,14-17,21,36H2,1-2H3,(H,37,41)(H,38,42). The molecule has 0 unspecified atom stereocenters. The monoisotopic (exact) mass is 643 g/mol. The van der Waals surface area contributed by atoms with Gasteiger partial charge < -0.3 is 45.1 Å². The maximum atomic E-state index is 13.5. The molecule has 0 spiro atoms. The number of amides is 3. The van der Waals surface area contributed by atoms with Crippen LogP contribution in [0, 0.1) is 0 Å². The fourth-order valence-corrected chi connectivity index (χ4v) is 6.33. The zero-order valence-electron chi connectivity index (χ0n) is 26.8. The van der Waals surface area contributed by atoms with E-state index in [0.717, 1.165) is 31.4 Å². The number of nitrogens with one attached hydrogen (secondary N) is 2. The summed E-state index contributed by atoms with van der Waals surface area (Å²) in [6, 6.07) is 15.8. The second kappa shape index (κ2) is 14.2. The predicted octanol–water partition coefficient (Wildman–Crippen LogP) is 4.04. The maximum absolute atomic E-state index is 13.5. The topological polar surface area (TPSA) is 145 Å². The first kappa shape index (κ1) is 32.0. The van der Waals surface area contributed by atoms with Crippen LogP contribution >= 0.6 is 0 Å². The summed E-state index contributed by atoms with van der Waals surface area (Å²) in [5.74, 6) is 1.50. The minimum atomic E-state index is -0.344. The molecule has 1 saturated carbocycles. The molecular weight excluding hydrogens is 602 g/mol. The largest absolute Gasteiger partial charge is 0.493 e. The third kappa shape index (κ3) is 7.22. The van der Waals surface area contributed by atoms with Crippen LogP contribution in [0.2, 0.25) is 0 Å². The van der Waals surface area contributed by atoms with Gasteiger partial charge in [0, 0.05) is 55.0 Å². The van der Waals surface area contributed by atoms with Crippen molar-refractivity contribution in [2.75, 3.05) is 57.4 Å². The normalized spacial score (nSPS) is 19.0. The number of rotatable bonds is 8. The van der Waals surface area contributed by atoms with Gasteiger partial charge in [-0.2, -0.15) is 0 Å². The molecule has 1 saturated heterocycles. The number of nitrogens with zero attached hydrogens (tertiary/aromatic N) is 2. The first-order valence-corrected chi connectivity index (χ1v) is 16.0. The molecule has 0 atom stereocenters. The number of carbonyl (C=O) groups excluding carboxylic acids is 3. The number of benzene rings is 3. The van der Waals surface area contributed by atoms with Gasteiger partial charge in [0.15, 0.2) is 23.0 Å². The Bertz CT molecular complexity index is 1640. The van der Waals surface area contributed by atoms with Crippen LogP contribution < -0.4 is 40.2 Å². The van der Waals surface area contributed by atoms with E-state index in [1.165, 1.54) is 0 Å². The molecule has 1 aliphatic carbocycles. The molecule has 0 aromatic heterocycles. The second-order valence-corrected chi connectivity index (χ2v) is 12.0. The number of fused-ring (bicyclic) bond motifs is 1. The molecule has 47 heavy (non-hydrogen) atoms. The summed E-state index contributed by atoms with van der Waals surface area (Å²) < 4.78 is 21.6. The molecule has 4 N–H and O–H groups in total. The van der Waals surface area contributed by atoms with E-state index < -0.39 is 0 Å². The van der Waals surface area contributed by atoms with Crippen LogP contribution in [-0.2, 0) is 0 Å².